The molecule has 112 valence electrons. The SMILES string of the molecule is CCOC(=O)c1cc(-c2ccco2)cc(S(=O)(=O)CBr)n1. The van der Waals surface area contributed by atoms with Crippen molar-refractivity contribution in [3.05, 3.63) is 36.2 Å². The zero-order valence-electron chi connectivity index (χ0n) is 11.1. The lowest BCUT2D eigenvalue weighted by atomic mass is 10.2. The molecule has 8 heteroatoms. The number of hydrogen-bond acceptors (Lipinski definition) is 6. The summed E-state index contributed by atoms with van der Waals surface area (Å²) < 4.78 is 33.7. The molecule has 0 amide bonds. The first-order valence-corrected chi connectivity index (χ1v) is 8.77. The number of nitrogens with zero attached hydrogens (tertiary/aromatic N) is 1. The summed E-state index contributed by atoms with van der Waals surface area (Å²) in [6.45, 7) is 1.83. The van der Waals surface area contributed by atoms with Gasteiger partial charge in [0, 0.05) is 5.56 Å². The van der Waals surface area contributed by atoms with Crippen LogP contribution in [0.3, 0.4) is 0 Å². The van der Waals surface area contributed by atoms with Crippen molar-refractivity contribution in [2.24, 2.45) is 0 Å². The molecule has 0 saturated heterocycles. The Balaban J connectivity index is 2.59. The van der Waals surface area contributed by atoms with Crippen LogP contribution in [-0.4, -0.2) is 30.6 Å². The van der Waals surface area contributed by atoms with Crippen molar-refractivity contribution >= 4 is 31.7 Å². The number of sulfone groups is 1. The average Bonchev–Trinajstić information content (AvgIpc) is 3.01. The molecular formula is C13H12BrNO5S. The Morgan fingerprint density at radius 3 is 2.76 bits per heavy atom. The van der Waals surface area contributed by atoms with Gasteiger partial charge in [0.05, 0.1) is 12.9 Å². The molecule has 0 atom stereocenters. The number of carbonyl (C=O) groups excluding carboxylic acids is 1. The lowest BCUT2D eigenvalue weighted by molar-refractivity contribution is 0.0518. The first-order chi connectivity index (χ1) is 9.97. The van der Waals surface area contributed by atoms with Crippen LogP contribution in [0.2, 0.25) is 0 Å². The predicted octanol–water partition coefficient (Wildman–Crippen LogP) is 2.64. The van der Waals surface area contributed by atoms with Gasteiger partial charge in [0.25, 0.3) is 0 Å². The molecule has 0 radical (unpaired) electrons. The molecule has 21 heavy (non-hydrogen) atoms. The van der Waals surface area contributed by atoms with Gasteiger partial charge in [0.15, 0.2) is 10.7 Å². The third-order valence-corrected chi connectivity index (χ3v) is 5.50. The molecule has 0 saturated carbocycles. The van der Waals surface area contributed by atoms with Crippen LogP contribution in [0.5, 0.6) is 0 Å². The zero-order valence-corrected chi connectivity index (χ0v) is 13.5. The largest absolute Gasteiger partial charge is 0.464 e. The number of ether oxygens (including phenoxy) is 1. The number of pyridine rings is 1. The maximum Gasteiger partial charge on any atom is 0.356 e. The summed E-state index contributed by atoms with van der Waals surface area (Å²) in [5.41, 5.74) is 0.364. The van der Waals surface area contributed by atoms with E-state index in [-0.39, 0.29) is 22.0 Å². The maximum atomic E-state index is 12.0. The zero-order chi connectivity index (χ0) is 15.5. The molecule has 0 N–H and O–H groups in total. The number of carbonyl (C=O) groups is 1. The van der Waals surface area contributed by atoms with Crippen LogP contribution in [0.15, 0.2) is 40.0 Å². The second-order valence-electron chi connectivity index (χ2n) is 4.00. The normalized spacial score (nSPS) is 11.3. The highest BCUT2D eigenvalue weighted by Crippen LogP contribution is 2.24. The van der Waals surface area contributed by atoms with Crippen LogP contribution < -0.4 is 0 Å². The van der Waals surface area contributed by atoms with Gasteiger partial charge in [-0.3, -0.25) is 0 Å². The molecule has 6 nitrogen and oxygen atoms in total. The van der Waals surface area contributed by atoms with Gasteiger partial charge in [-0.15, -0.1) is 0 Å². The molecule has 2 aromatic heterocycles. The van der Waals surface area contributed by atoms with Crippen molar-refractivity contribution in [2.75, 3.05) is 11.3 Å². The quantitative estimate of drug-likeness (QED) is 0.591. The van der Waals surface area contributed by atoms with Gasteiger partial charge in [-0.25, -0.2) is 18.2 Å². The second kappa shape index (κ2) is 6.40. The predicted molar refractivity (Wildman–Crippen MR) is 78.9 cm³/mol. The standard InChI is InChI=1S/C13H12BrNO5S/c1-2-19-13(16)10-6-9(11-4-3-5-20-11)7-12(15-10)21(17,18)8-14/h3-7H,2,8H2,1H3. The Hall–Kier alpha value is -1.67. The Kier molecular flexibility index (Phi) is 4.79. The van der Waals surface area contributed by atoms with Crippen molar-refractivity contribution in [2.45, 2.75) is 11.9 Å². The summed E-state index contributed by atoms with van der Waals surface area (Å²) >= 11 is 2.91. The lowest BCUT2D eigenvalue weighted by Gasteiger charge is -2.07. The van der Waals surface area contributed by atoms with E-state index in [9.17, 15) is 13.2 Å². The number of alkyl halides is 1. The molecule has 0 aliphatic rings. The highest BCUT2D eigenvalue weighted by Gasteiger charge is 2.20. The maximum absolute atomic E-state index is 12.0. The molecule has 2 rings (SSSR count). The third kappa shape index (κ3) is 3.51. The summed E-state index contributed by atoms with van der Waals surface area (Å²) in [5.74, 6) is -0.245. The third-order valence-electron chi connectivity index (χ3n) is 2.55. The Bertz CT molecular complexity index is 740. The Morgan fingerprint density at radius 2 is 2.19 bits per heavy atom. The van der Waals surface area contributed by atoms with Crippen LogP contribution in [0, 0.1) is 0 Å². The molecule has 0 aliphatic heterocycles. The molecular weight excluding hydrogens is 362 g/mol. The molecule has 0 aliphatic carbocycles. The number of hydrogen-bond donors (Lipinski definition) is 0. The van der Waals surface area contributed by atoms with E-state index in [1.165, 1.54) is 18.4 Å². The van der Waals surface area contributed by atoms with Crippen LogP contribution >= 0.6 is 15.9 Å². The first kappa shape index (κ1) is 15.7. The highest BCUT2D eigenvalue weighted by atomic mass is 79.9. The number of halogens is 1. The molecule has 2 aromatic rings. The number of aromatic nitrogens is 1. The van der Waals surface area contributed by atoms with Crippen LogP contribution in [0.4, 0.5) is 0 Å². The molecule has 0 bridgehead atoms. The summed E-state index contributed by atoms with van der Waals surface area (Å²) in [7, 11) is -3.63. The van der Waals surface area contributed by atoms with E-state index in [1.807, 2.05) is 0 Å². The van der Waals surface area contributed by atoms with Gasteiger partial charge in [-0.1, -0.05) is 15.9 Å². The van der Waals surface area contributed by atoms with Crippen molar-refractivity contribution in [1.29, 1.82) is 0 Å². The van der Waals surface area contributed by atoms with Gasteiger partial charge in [0.1, 0.15) is 10.4 Å². The fraction of sp³-hybridized carbons (Fsp3) is 0.231. The van der Waals surface area contributed by atoms with Gasteiger partial charge in [-0.05, 0) is 31.2 Å². The van der Waals surface area contributed by atoms with Gasteiger partial charge >= 0.3 is 5.97 Å². The molecule has 0 unspecified atom stereocenters. The van der Waals surface area contributed by atoms with E-state index in [1.54, 1.807) is 19.1 Å². The van der Waals surface area contributed by atoms with Gasteiger partial charge in [-0.2, -0.15) is 0 Å². The fourth-order valence-electron chi connectivity index (χ4n) is 1.62. The molecule has 0 fully saturated rings. The van der Waals surface area contributed by atoms with Crippen molar-refractivity contribution < 1.29 is 22.4 Å². The van der Waals surface area contributed by atoms with Crippen molar-refractivity contribution in [1.82, 2.24) is 4.98 Å². The number of furan rings is 1. The smallest absolute Gasteiger partial charge is 0.356 e. The van der Waals surface area contributed by atoms with E-state index >= 15 is 0 Å². The summed E-state index contributed by atoms with van der Waals surface area (Å²) in [4.78, 5) is 15.7. The number of rotatable bonds is 5. The number of esters is 1. The Morgan fingerprint density at radius 1 is 1.43 bits per heavy atom. The summed E-state index contributed by atoms with van der Waals surface area (Å²) in [6.07, 6.45) is 1.46. The Labute approximate surface area is 130 Å². The van der Waals surface area contributed by atoms with E-state index in [4.69, 9.17) is 9.15 Å². The van der Waals surface area contributed by atoms with E-state index in [0.717, 1.165) is 0 Å². The van der Waals surface area contributed by atoms with E-state index in [0.29, 0.717) is 11.3 Å². The minimum absolute atomic E-state index is 0.0784. The van der Waals surface area contributed by atoms with Crippen LogP contribution in [-0.2, 0) is 14.6 Å². The molecule has 2 heterocycles. The van der Waals surface area contributed by atoms with Gasteiger partial charge in [0.2, 0.25) is 9.84 Å². The minimum atomic E-state index is -3.63. The molecule has 0 aromatic carbocycles. The van der Waals surface area contributed by atoms with Crippen LogP contribution in [0.25, 0.3) is 11.3 Å². The van der Waals surface area contributed by atoms with Crippen LogP contribution in [0.1, 0.15) is 17.4 Å². The summed E-state index contributed by atoms with van der Waals surface area (Å²) in [5, 5.41) is -0.212. The highest BCUT2D eigenvalue weighted by molar-refractivity contribution is 9.10. The summed E-state index contributed by atoms with van der Waals surface area (Å²) in [6, 6.07) is 6.12. The second-order valence-corrected chi connectivity index (χ2v) is 7.24. The molecule has 0 spiro atoms. The monoisotopic (exact) mass is 373 g/mol. The van der Waals surface area contributed by atoms with Crippen molar-refractivity contribution in [3.8, 4) is 11.3 Å². The van der Waals surface area contributed by atoms with E-state index < -0.39 is 15.8 Å². The average molecular weight is 374 g/mol. The van der Waals surface area contributed by atoms with Crippen molar-refractivity contribution in [3.63, 3.8) is 0 Å². The minimum Gasteiger partial charge on any atom is -0.464 e. The fourth-order valence-corrected chi connectivity index (χ4v) is 2.97. The van der Waals surface area contributed by atoms with E-state index in [2.05, 4.69) is 20.9 Å². The topological polar surface area (TPSA) is 86.5 Å². The lowest BCUT2D eigenvalue weighted by Crippen LogP contribution is -2.12. The van der Waals surface area contributed by atoms with Gasteiger partial charge < -0.3 is 9.15 Å². The first-order valence-electron chi connectivity index (χ1n) is 5.99.